The number of aryl methyl sites for hydroxylation is 2. The molecule has 0 radical (unpaired) electrons. The number of amides is 1. The third kappa shape index (κ3) is 3.11. The van der Waals surface area contributed by atoms with E-state index in [2.05, 4.69) is 10.3 Å². The van der Waals surface area contributed by atoms with Crippen LogP contribution >= 0.6 is 0 Å². The molecule has 10 nitrogen and oxygen atoms in total. The molecule has 0 saturated heterocycles. The Bertz CT molecular complexity index is 1390. The fourth-order valence-electron chi connectivity index (χ4n) is 3.69. The largest absolute Gasteiger partial charge is 0.386 e. The number of nitrogens with one attached hydrogen (secondary N) is 1. The summed E-state index contributed by atoms with van der Waals surface area (Å²) in [6.07, 6.45) is 2.31. The lowest BCUT2D eigenvalue weighted by Crippen LogP contribution is -2.38. The van der Waals surface area contributed by atoms with E-state index < -0.39 is 17.4 Å². The SMILES string of the molecule is Cn1c(=O)c2c(ncn2CC(=O)NCC(O)c2cn(C)c3ccccc23)n(C)c1=O. The molecule has 0 saturated carbocycles. The molecule has 1 aromatic carbocycles. The highest BCUT2D eigenvalue weighted by Crippen LogP contribution is 2.25. The number of para-hydroxylation sites is 1. The van der Waals surface area contributed by atoms with Crippen LogP contribution in [0.25, 0.3) is 22.1 Å². The Morgan fingerprint density at radius 1 is 1.17 bits per heavy atom. The first kappa shape index (κ1) is 19.6. The lowest BCUT2D eigenvalue weighted by atomic mass is 10.1. The highest BCUT2D eigenvalue weighted by molar-refractivity contribution is 5.84. The maximum Gasteiger partial charge on any atom is 0.332 e. The molecule has 10 heteroatoms. The first-order valence-corrected chi connectivity index (χ1v) is 9.39. The van der Waals surface area contributed by atoms with Crippen LogP contribution in [0.1, 0.15) is 11.7 Å². The molecule has 4 aromatic rings. The molecule has 156 valence electrons. The van der Waals surface area contributed by atoms with Gasteiger partial charge in [0.25, 0.3) is 5.56 Å². The van der Waals surface area contributed by atoms with Crippen LogP contribution in [-0.2, 0) is 32.5 Å². The van der Waals surface area contributed by atoms with Gasteiger partial charge in [0.1, 0.15) is 6.54 Å². The maximum absolute atomic E-state index is 12.5. The summed E-state index contributed by atoms with van der Waals surface area (Å²) in [5, 5.41) is 14.2. The topological polar surface area (TPSA) is 116 Å². The van der Waals surface area contributed by atoms with E-state index in [1.165, 1.54) is 29.6 Å². The highest BCUT2D eigenvalue weighted by atomic mass is 16.3. The van der Waals surface area contributed by atoms with Crippen LogP contribution in [0.2, 0.25) is 0 Å². The number of benzene rings is 1. The minimum Gasteiger partial charge on any atom is -0.386 e. The second kappa shape index (κ2) is 7.30. The molecule has 0 fully saturated rings. The average molecular weight is 410 g/mol. The molecule has 3 aromatic heterocycles. The third-order valence-electron chi connectivity index (χ3n) is 5.31. The molecule has 0 spiro atoms. The van der Waals surface area contributed by atoms with Gasteiger partial charge in [0.05, 0.1) is 12.4 Å². The van der Waals surface area contributed by atoms with Crippen molar-refractivity contribution in [2.24, 2.45) is 21.1 Å². The van der Waals surface area contributed by atoms with Crippen LogP contribution in [0.4, 0.5) is 0 Å². The van der Waals surface area contributed by atoms with Crippen LogP contribution in [0.3, 0.4) is 0 Å². The first-order chi connectivity index (χ1) is 14.3. The first-order valence-electron chi connectivity index (χ1n) is 9.39. The fourth-order valence-corrected chi connectivity index (χ4v) is 3.69. The van der Waals surface area contributed by atoms with E-state index in [-0.39, 0.29) is 30.2 Å². The van der Waals surface area contributed by atoms with Crippen molar-refractivity contribution in [1.29, 1.82) is 0 Å². The van der Waals surface area contributed by atoms with Crippen LogP contribution in [0.15, 0.2) is 46.4 Å². The molecule has 0 bridgehead atoms. The van der Waals surface area contributed by atoms with Gasteiger partial charge in [-0.25, -0.2) is 9.78 Å². The summed E-state index contributed by atoms with van der Waals surface area (Å²) in [5.41, 5.74) is 1.10. The molecule has 30 heavy (non-hydrogen) atoms. The van der Waals surface area contributed by atoms with Gasteiger partial charge < -0.3 is 19.6 Å². The number of aliphatic hydroxyl groups excluding tert-OH is 1. The van der Waals surface area contributed by atoms with Gasteiger partial charge in [0, 0.05) is 50.4 Å². The van der Waals surface area contributed by atoms with Crippen LogP contribution in [-0.4, -0.2) is 40.8 Å². The number of carbonyl (C=O) groups is 1. The van der Waals surface area contributed by atoms with Crippen molar-refractivity contribution < 1.29 is 9.90 Å². The Morgan fingerprint density at radius 2 is 1.90 bits per heavy atom. The average Bonchev–Trinajstić information content (AvgIpc) is 3.30. The summed E-state index contributed by atoms with van der Waals surface area (Å²) in [7, 11) is 4.79. The van der Waals surface area contributed by atoms with E-state index >= 15 is 0 Å². The van der Waals surface area contributed by atoms with Gasteiger partial charge in [0.15, 0.2) is 11.2 Å². The Balaban J connectivity index is 1.52. The van der Waals surface area contributed by atoms with Gasteiger partial charge >= 0.3 is 5.69 Å². The van der Waals surface area contributed by atoms with Crippen LogP contribution in [0, 0.1) is 0 Å². The molecule has 0 aliphatic carbocycles. The number of fused-ring (bicyclic) bond motifs is 2. The number of nitrogens with zero attached hydrogens (tertiary/aromatic N) is 5. The summed E-state index contributed by atoms with van der Waals surface area (Å²) < 4.78 is 5.56. The van der Waals surface area contributed by atoms with E-state index in [1.807, 2.05) is 42.1 Å². The molecule has 1 unspecified atom stereocenters. The third-order valence-corrected chi connectivity index (χ3v) is 5.31. The second-order valence-electron chi connectivity index (χ2n) is 7.28. The van der Waals surface area contributed by atoms with Crippen molar-refractivity contribution in [2.75, 3.05) is 6.54 Å². The predicted octanol–water partition coefficient (Wildman–Crippen LogP) is -0.225. The van der Waals surface area contributed by atoms with E-state index in [0.29, 0.717) is 0 Å². The quantitative estimate of drug-likeness (QED) is 0.472. The van der Waals surface area contributed by atoms with E-state index in [0.717, 1.165) is 21.0 Å². The van der Waals surface area contributed by atoms with Crippen molar-refractivity contribution >= 4 is 28.0 Å². The van der Waals surface area contributed by atoms with Gasteiger partial charge in [-0.15, -0.1) is 0 Å². The zero-order valence-electron chi connectivity index (χ0n) is 16.9. The van der Waals surface area contributed by atoms with Gasteiger partial charge in [-0.1, -0.05) is 18.2 Å². The van der Waals surface area contributed by atoms with Gasteiger partial charge in [-0.05, 0) is 6.07 Å². The molecule has 3 heterocycles. The zero-order chi connectivity index (χ0) is 21.6. The Hall–Kier alpha value is -3.66. The highest BCUT2D eigenvalue weighted by Gasteiger charge is 2.18. The van der Waals surface area contributed by atoms with Crippen molar-refractivity contribution in [3.63, 3.8) is 0 Å². The summed E-state index contributed by atoms with van der Waals surface area (Å²) >= 11 is 0. The molecular weight excluding hydrogens is 388 g/mol. The fraction of sp³-hybridized carbons (Fsp3) is 0.300. The lowest BCUT2D eigenvalue weighted by molar-refractivity contribution is -0.122. The number of hydrogen-bond acceptors (Lipinski definition) is 5. The Kier molecular flexibility index (Phi) is 4.78. The van der Waals surface area contributed by atoms with E-state index in [4.69, 9.17) is 0 Å². The monoisotopic (exact) mass is 410 g/mol. The summed E-state index contributed by atoms with van der Waals surface area (Å²) in [4.78, 5) is 41.0. The zero-order valence-corrected chi connectivity index (χ0v) is 16.9. The number of aliphatic hydroxyl groups is 1. The van der Waals surface area contributed by atoms with Crippen molar-refractivity contribution in [2.45, 2.75) is 12.6 Å². The summed E-state index contributed by atoms with van der Waals surface area (Å²) in [6, 6.07) is 7.71. The molecular formula is C20H22N6O4. The van der Waals surface area contributed by atoms with Crippen molar-refractivity contribution in [1.82, 2.24) is 28.6 Å². The molecule has 2 N–H and O–H groups in total. The van der Waals surface area contributed by atoms with Crippen molar-refractivity contribution in [3.8, 4) is 0 Å². The lowest BCUT2D eigenvalue weighted by Gasteiger charge is -2.12. The molecule has 1 amide bonds. The predicted molar refractivity (Wildman–Crippen MR) is 111 cm³/mol. The Morgan fingerprint density at radius 3 is 2.67 bits per heavy atom. The normalized spacial score (nSPS) is 12.5. The number of aromatic nitrogens is 5. The van der Waals surface area contributed by atoms with Gasteiger partial charge in [-0.3, -0.25) is 18.7 Å². The maximum atomic E-state index is 12.5. The number of imidazole rings is 1. The molecule has 0 aliphatic rings. The van der Waals surface area contributed by atoms with Crippen molar-refractivity contribution in [3.05, 3.63) is 63.2 Å². The van der Waals surface area contributed by atoms with Crippen LogP contribution in [0.5, 0.6) is 0 Å². The minimum atomic E-state index is -0.881. The Labute approximate surface area is 170 Å². The minimum absolute atomic E-state index is 0.0238. The summed E-state index contributed by atoms with van der Waals surface area (Å²) in [5.74, 6) is -0.385. The number of carbonyl (C=O) groups excluding carboxylic acids is 1. The molecule has 0 aliphatic heterocycles. The second-order valence-corrected chi connectivity index (χ2v) is 7.28. The number of hydrogen-bond donors (Lipinski definition) is 2. The van der Waals surface area contributed by atoms with Crippen LogP contribution < -0.4 is 16.6 Å². The molecule has 4 rings (SSSR count). The smallest absolute Gasteiger partial charge is 0.332 e. The number of rotatable bonds is 5. The van der Waals surface area contributed by atoms with E-state index in [9.17, 15) is 19.5 Å². The van der Waals surface area contributed by atoms with Gasteiger partial charge in [0.2, 0.25) is 5.91 Å². The van der Waals surface area contributed by atoms with E-state index in [1.54, 1.807) is 0 Å². The van der Waals surface area contributed by atoms with Gasteiger partial charge in [-0.2, -0.15) is 0 Å². The standard InChI is InChI=1S/C20H22N6O4/c1-23-9-13(12-6-4-5-7-14(12)23)15(27)8-21-16(28)10-26-11-22-18-17(26)19(29)25(3)20(30)24(18)2/h4-7,9,11,15,27H,8,10H2,1-3H3,(H,21,28). The molecule has 1 atom stereocenters. The summed E-state index contributed by atoms with van der Waals surface area (Å²) in [6.45, 7) is -0.137.